The second-order valence-corrected chi connectivity index (χ2v) is 6.24. The monoisotopic (exact) mass is 435 g/mol. The highest BCUT2D eigenvalue weighted by atomic mass is 79.9. The number of nitrogens with zero attached hydrogens (tertiary/aromatic N) is 3. The predicted octanol–water partition coefficient (Wildman–Crippen LogP) is 2.22. The minimum absolute atomic E-state index is 0.0981. The van der Waals surface area contributed by atoms with E-state index in [1.807, 2.05) is 11.5 Å². The highest BCUT2D eigenvalue weighted by Crippen LogP contribution is 2.39. The van der Waals surface area contributed by atoms with Crippen molar-refractivity contribution >= 4 is 54.5 Å². The molecule has 0 saturated carbocycles. The van der Waals surface area contributed by atoms with Crippen molar-refractivity contribution in [1.82, 2.24) is 9.55 Å². The van der Waals surface area contributed by atoms with Crippen LogP contribution in [0, 0.1) is 10.1 Å². The SMILES string of the molecule is CCn1c(NCC(O)CN)nc2c([N+](=O)[O-])c(Br)c(Br)cc21. The molecular weight excluding hydrogens is 422 g/mol. The Morgan fingerprint density at radius 1 is 1.59 bits per heavy atom. The van der Waals surface area contributed by atoms with Crippen molar-refractivity contribution in [3.8, 4) is 0 Å². The molecule has 1 aromatic carbocycles. The number of halogens is 2. The van der Waals surface area contributed by atoms with E-state index >= 15 is 0 Å². The molecule has 2 aromatic rings. The van der Waals surface area contributed by atoms with Crippen LogP contribution in [0.2, 0.25) is 0 Å². The number of nitrogens with two attached hydrogens (primary N) is 1. The highest BCUT2D eigenvalue weighted by molar-refractivity contribution is 9.13. The maximum absolute atomic E-state index is 11.3. The third-order valence-electron chi connectivity index (χ3n) is 3.18. The van der Waals surface area contributed by atoms with Crippen LogP contribution in [-0.4, -0.2) is 38.8 Å². The molecule has 0 saturated heterocycles. The van der Waals surface area contributed by atoms with Gasteiger partial charge in [-0.1, -0.05) is 0 Å². The van der Waals surface area contributed by atoms with E-state index in [1.165, 1.54) is 0 Å². The Labute approximate surface area is 143 Å². The van der Waals surface area contributed by atoms with Gasteiger partial charge in [-0.2, -0.15) is 0 Å². The summed E-state index contributed by atoms with van der Waals surface area (Å²) in [5.74, 6) is 0.457. The first-order chi connectivity index (χ1) is 10.4. The number of nitro benzene ring substituents is 1. The number of fused-ring (bicyclic) bond motifs is 1. The molecule has 2 rings (SSSR count). The lowest BCUT2D eigenvalue weighted by atomic mass is 10.2. The van der Waals surface area contributed by atoms with Crippen molar-refractivity contribution in [3.63, 3.8) is 0 Å². The minimum Gasteiger partial charge on any atom is -0.390 e. The molecule has 1 heterocycles. The van der Waals surface area contributed by atoms with Gasteiger partial charge in [0, 0.05) is 24.1 Å². The smallest absolute Gasteiger partial charge is 0.312 e. The highest BCUT2D eigenvalue weighted by Gasteiger charge is 2.25. The van der Waals surface area contributed by atoms with Gasteiger partial charge in [0.1, 0.15) is 4.47 Å². The van der Waals surface area contributed by atoms with Gasteiger partial charge in [-0.15, -0.1) is 0 Å². The number of nitro groups is 1. The maximum atomic E-state index is 11.3. The second kappa shape index (κ2) is 6.90. The van der Waals surface area contributed by atoms with Crippen molar-refractivity contribution in [2.45, 2.75) is 19.6 Å². The summed E-state index contributed by atoms with van der Waals surface area (Å²) in [4.78, 5) is 15.2. The van der Waals surface area contributed by atoms with Crippen molar-refractivity contribution < 1.29 is 10.0 Å². The number of nitrogens with one attached hydrogen (secondary N) is 1. The molecule has 0 amide bonds. The predicted molar refractivity (Wildman–Crippen MR) is 91.0 cm³/mol. The van der Waals surface area contributed by atoms with Gasteiger partial charge >= 0.3 is 5.69 Å². The summed E-state index contributed by atoms with van der Waals surface area (Å²) >= 11 is 6.53. The summed E-state index contributed by atoms with van der Waals surface area (Å²) in [6.07, 6.45) is -0.710. The van der Waals surface area contributed by atoms with Gasteiger partial charge in [0.05, 0.1) is 16.5 Å². The zero-order chi connectivity index (χ0) is 16.4. The number of aryl methyl sites for hydroxylation is 1. The number of aliphatic hydroxyl groups is 1. The average Bonchev–Trinajstić information content (AvgIpc) is 2.82. The quantitative estimate of drug-likeness (QED) is 0.471. The molecule has 0 radical (unpaired) electrons. The Hall–Kier alpha value is -1.23. The Kier molecular flexibility index (Phi) is 5.37. The molecule has 22 heavy (non-hydrogen) atoms. The number of hydrogen-bond donors (Lipinski definition) is 3. The first-order valence-corrected chi connectivity index (χ1v) is 8.13. The molecule has 0 fully saturated rings. The first-order valence-electron chi connectivity index (χ1n) is 6.55. The summed E-state index contributed by atoms with van der Waals surface area (Å²) in [6.45, 7) is 2.82. The van der Waals surface area contributed by atoms with Gasteiger partial charge in [0.25, 0.3) is 0 Å². The third-order valence-corrected chi connectivity index (χ3v) is 5.14. The fraction of sp³-hybridized carbons (Fsp3) is 0.417. The number of rotatable bonds is 6. The number of benzene rings is 1. The van der Waals surface area contributed by atoms with Gasteiger partial charge in [-0.3, -0.25) is 10.1 Å². The van der Waals surface area contributed by atoms with Crippen LogP contribution in [0.4, 0.5) is 11.6 Å². The topological polar surface area (TPSA) is 119 Å². The standard InChI is InChI=1S/C12H15Br2N5O3/c1-2-18-8-3-7(13)9(14)11(19(21)22)10(8)17-12(18)16-5-6(20)4-15/h3,6,20H,2,4-5,15H2,1H3,(H,16,17). The van der Waals surface area contributed by atoms with Crippen molar-refractivity contribution in [1.29, 1.82) is 0 Å². The van der Waals surface area contributed by atoms with Crippen LogP contribution in [0.1, 0.15) is 6.92 Å². The van der Waals surface area contributed by atoms with E-state index in [0.29, 0.717) is 27.0 Å². The van der Waals surface area contributed by atoms with Crippen molar-refractivity contribution in [2.24, 2.45) is 5.73 Å². The lowest BCUT2D eigenvalue weighted by molar-refractivity contribution is -0.384. The van der Waals surface area contributed by atoms with Gasteiger partial charge in [-0.05, 0) is 44.8 Å². The minimum atomic E-state index is -0.710. The number of hydrogen-bond acceptors (Lipinski definition) is 6. The Bertz CT molecular complexity index is 719. The molecule has 10 heteroatoms. The fourth-order valence-corrected chi connectivity index (χ4v) is 2.95. The summed E-state index contributed by atoms with van der Waals surface area (Å²) < 4.78 is 2.73. The maximum Gasteiger partial charge on any atom is 0.312 e. The molecule has 0 aliphatic heterocycles. The van der Waals surface area contributed by atoms with Crippen molar-refractivity contribution in [2.75, 3.05) is 18.4 Å². The number of aliphatic hydroxyl groups excluding tert-OH is 1. The van der Waals surface area contributed by atoms with Crippen LogP contribution >= 0.6 is 31.9 Å². The van der Waals surface area contributed by atoms with E-state index in [9.17, 15) is 15.2 Å². The van der Waals surface area contributed by atoms with Crippen LogP contribution in [0.15, 0.2) is 15.0 Å². The second-order valence-electron chi connectivity index (χ2n) is 4.60. The molecule has 0 spiro atoms. The van der Waals surface area contributed by atoms with Gasteiger partial charge in [-0.25, -0.2) is 4.98 Å². The number of aromatic nitrogens is 2. The normalized spacial score (nSPS) is 12.6. The van der Waals surface area contributed by atoms with E-state index in [-0.39, 0.29) is 24.3 Å². The van der Waals surface area contributed by atoms with Crippen LogP contribution in [0.5, 0.6) is 0 Å². The Morgan fingerprint density at radius 2 is 2.27 bits per heavy atom. The van der Waals surface area contributed by atoms with E-state index in [4.69, 9.17) is 5.73 Å². The zero-order valence-electron chi connectivity index (χ0n) is 11.7. The number of imidazole rings is 1. The molecule has 8 nitrogen and oxygen atoms in total. The summed E-state index contributed by atoms with van der Waals surface area (Å²) in [7, 11) is 0. The third kappa shape index (κ3) is 3.09. The Morgan fingerprint density at radius 3 is 2.82 bits per heavy atom. The zero-order valence-corrected chi connectivity index (χ0v) is 14.9. The molecule has 0 aliphatic rings. The molecule has 1 atom stereocenters. The Balaban J connectivity index is 2.60. The molecule has 0 aliphatic carbocycles. The van der Waals surface area contributed by atoms with Crippen molar-refractivity contribution in [3.05, 3.63) is 25.1 Å². The molecule has 0 bridgehead atoms. The van der Waals surface area contributed by atoms with E-state index in [0.717, 1.165) is 0 Å². The van der Waals surface area contributed by atoms with Crippen LogP contribution in [0.25, 0.3) is 11.0 Å². The van der Waals surface area contributed by atoms with E-state index in [1.54, 1.807) is 6.07 Å². The first kappa shape index (κ1) is 17.1. The molecule has 1 aromatic heterocycles. The van der Waals surface area contributed by atoms with E-state index in [2.05, 4.69) is 42.2 Å². The summed E-state index contributed by atoms with van der Waals surface area (Å²) in [5.41, 5.74) is 6.19. The van der Waals surface area contributed by atoms with Gasteiger partial charge in [0.2, 0.25) is 5.95 Å². The molecular formula is C12H15Br2N5O3. The van der Waals surface area contributed by atoms with Crippen LogP contribution in [-0.2, 0) is 6.54 Å². The average molecular weight is 437 g/mol. The molecule has 4 N–H and O–H groups in total. The lowest BCUT2D eigenvalue weighted by Gasteiger charge is -2.11. The molecule has 1 unspecified atom stereocenters. The number of anilines is 1. The molecule has 120 valence electrons. The lowest BCUT2D eigenvalue weighted by Crippen LogP contribution is -2.28. The summed E-state index contributed by atoms with van der Waals surface area (Å²) in [5, 5.41) is 23.9. The van der Waals surface area contributed by atoms with Crippen LogP contribution < -0.4 is 11.1 Å². The van der Waals surface area contributed by atoms with E-state index < -0.39 is 11.0 Å². The van der Waals surface area contributed by atoms with Gasteiger partial charge in [0.15, 0.2) is 5.52 Å². The largest absolute Gasteiger partial charge is 0.390 e. The fourth-order valence-electron chi connectivity index (χ4n) is 2.10. The van der Waals surface area contributed by atoms with Gasteiger partial charge < -0.3 is 20.7 Å². The van der Waals surface area contributed by atoms with Crippen LogP contribution in [0.3, 0.4) is 0 Å². The summed E-state index contributed by atoms with van der Waals surface area (Å²) in [6, 6.07) is 1.77.